The Morgan fingerprint density at radius 1 is 1.05 bits per heavy atom. The van der Waals surface area contributed by atoms with Crippen LogP contribution in [0.3, 0.4) is 0 Å². The van der Waals surface area contributed by atoms with Crippen LogP contribution >= 0.6 is 15.9 Å². The first-order chi connectivity index (χ1) is 18.4. The lowest BCUT2D eigenvalue weighted by Crippen LogP contribution is -2.31. The van der Waals surface area contributed by atoms with Crippen molar-refractivity contribution in [3.8, 4) is 16.9 Å². The predicted octanol–water partition coefficient (Wildman–Crippen LogP) is 5.75. The molecule has 192 valence electrons. The Morgan fingerprint density at radius 2 is 1.82 bits per heavy atom. The third kappa shape index (κ3) is 4.43. The van der Waals surface area contributed by atoms with Crippen molar-refractivity contribution in [1.29, 1.82) is 0 Å². The third-order valence-electron chi connectivity index (χ3n) is 6.71. The maximum atomic E-state index is 15.0. The normalized spacial score (nSPS) is 16.5. The van der Waals surface area contributed by atoms with E-state index in [1.54, 1.807) is 23.0 Å². The van der Waals surface area contributed by atoms with Crippen LogP contribution in [-0.4, -0.2) is 40.0 Å². The average Bonchev–Trinajstić information content (AvgIpc) is 3.64. The molecule has 0 spiro atoms. The molecule has 1 atom stereocenters. The zero-order chi connectivity index (χ0) is 26.4. The van der Waals surface area contributed by atoms with E-state index in [0.29, 0.717) is 22.4 Å². The molecule has 1 fully saturated rings. The van der Waals surface area contributed by atoms with Crippen molar-refractivity contribution in [3.63, 3.8) is 0 Å². The van der Waals surface area contributed by atoms with Gasteiger partial charge >= 0.3 is 0 Å². The monoisotopic (exact) mass is 580 g/mol. The first-order valence-corrected chi connectivity index (χ1v) is 12.7. The molecule has 6 rings (SSSR count). The van der Waals surface area contributed by atoms with Gasteiger partial charge in [-0.05, 0) is 66.6 Å². The largest absolute Gasteiger partial charge is 0.344 e. The molecule has 4 aromatic rings. The maximum absolute atomic E-state index is 15.0. The minimum atomic E-state index is -0.839. The Balaban J connectivity index is 1.36. The van der Waals surface area contributed by atoms with E-state index in [0.717, 1.165) is 10.2 Å². The summed E-state index contributed by atoms with van der Waals surface area (Å²) in [5.41, 5.74) is 3.18. The van der Waals surface area contributed by atoms with Gasteiger partial charge in [0.05, 0.1) is 12.2 Å². The van der Waals surface area contributed by atoms with Crippen LogP contribution in [0.5, 0.6) is 0 Å². The van der Waals surface area contributed by atoms with E-state index in [-0.39, 0.29) is 49.0 Å². The zero-order valence-corrected chi connectivity index (χ0v) is 21.5. The fourth-order valence-corrected chi connectivity index (χ4v) is 5.04. The SMILES string of the molecule is O=C1COC(c2cn(-c3ccc(Br)cc3)nc2-c2ccc(F)cc2)N1CCc1c(F)cc2c(c1F)C=NC2. The standard InChI is InChI=1S/C28H20BrF3N4O2/c29-18-3-7-20(8-4-18)36-14-23(27(34-36)16-1-5-19(30)6-2-16)28-35(25(37)15-38-28)10-9-21-24(31)11-17-12-33-13-22(17)26(21)32/h1-8,11,13-14,28H,9-10,12,15H2. The molecule has 0 N–H and O–H groups in total. The lowest BCUT2D eigenvalue weighted by Gasteiger charge is -2.23. The van der Waals surface area contributed by atoms with Crippen molar-refractivity contribution >= 4 is 28.1 Å². The molecule has 6 nitrogen and oxygen atoms in total. The van der Waals surface area contributed by atoms with Crippen molar-refractivity contribution in [2.45, 2.75) is 19.2 Å². The molecule has 0 aliphatic carbocycles. The van der Waals surface area contributed by atoms with Crippen molar-refractivity contribution in [1.82, 2.24) is 14.7 Å². The number of aliphatic imine (C=N–C) groups is 1. The van der Waals surface area contributed by atoms with Gasteiger partial charge in [-0.1, -0.05) is 15.9 Å². The summed E-state index contributed by atoms with van der Waals surface area (Å²) in [6.07, 6.45) is 2.28. The number of ether oxygens (including phenoxy) is 1. The van der Waals surface area contributed by atoms with Gasteiger partial charge in [0, 0.05) is 45.7 Å². The minimum Gasteiger partial charge on any atom is -0.344 e. The van der Waals surface area contributed by atoms with Gasteiger partial charge in [-0.2, -0.15) is 5.10 Å². The van der Waals surface area contributed by atoms with Crippen LogP contribution in [0.25, 0.3) is 16.9 Å². The van der Waals surface area contributed by atoms with Gasteiger partial charge in [0.1, 0.15) is 29.8 Å². The van der Waals surface area contributed by atoms with Crippen LogP contribution in [-0.2, 0) is 22.5 Å². The number of fused-ring (bicyclic) bond motifs is 1. The molecule has 0 radical (unpaired) electrons. The summed E-state index contributed by atoms with van der Waals surface area (Å²) >= 11 is 3.42. The summed E-state index contributed by atoms with van der Waals surface area (Å²) < 4.78 is 51.9. The second-order valence-electron chi connectivity index (χ2n) is 9.05. The highest BCUT2D eigenvalue weighted by Gasteiger charge is 2.36. The lowest BCUT2D eigenvalue weighted by atomic mass is 10.0. The van der Waals surface area contributed by atoms with Crippen LogP contribution in [0.1, 0.15) is 28.5 Å². The molecule has 1 unspecified atom stereocenters. The zero-order valence-electron chi connectivity index (χ0n) is 19.9. The second kappa shape index (κ2) is 9.85. The molecular formula is C28H20BrF3N4O2. The van der Waals surface area contributed by atoms with Gasteiger partial charge in [-0.25, -0.2) is 17.9 Å². The van der Waals surface area contributed by atoms with Crippen molar-refractivity contribution in [2.24, 2.45) is 4.99 Å². The van der Waals surface area contributed by atoms with Crippen molar-refractivity contribution in [3.05, 3.63) is 105 Å². The minimum absolute atomic E-state index is 0.0274. The molecule has 1 aromatic heterocycles. The number of carbonyl (C=O) groups is 1. The average molecular weight is 581 g/mol. The number of aromatic nitrogens is 2. The highest BCUT2D eigenvalue weighted by Crippen LogP contribution is 2.36. The van der Waals surface area contributed by atoms with Crippen LogP contribution in [0.4, 0.5) is 13.2 Å². The molecule has 3 heterocycles. The van der Waals surface area contributed by atoms with E-state index < -0.39 is 17.9 Å². The van der Waals surface area contributed by atoms with Gasteiger partial charge in [0.15, 0.2) is 6.23 Å². The fourth-order valence-electron chi connectivity index (χ4n) is 4.77. The Kier molecular flexibility index (Phi) is 6.37. The summed E-state index contributed by atoms with van der Waals surface area (Å²) in [4.78, 5) is 18.3. The summed E-state index contributed by atoms with van der Waals surface area (Å²) in [6.45, 7) is 0.0941. The number of amides is 1. The molecule has 38 heavy (non-hydrogen) atoms. The topological polar surface area (TPSA) is 59.7 Å². The van der Waals surface area contributed by atoms with E-state index in [4.69, 9.17) is 9.84 Å². The molecule has 2 aliphatic rings. The number of hydrogen-bond donors (Lipinski definition) is 0. The van der Waals surface area contributed by atoms with Crippen molar-refractivity contribution in [2.75, 3.05) is 13.2 Å². The van der Waals surface area contributed by atoms with Crippen molar-refractivity contribution < 1.29 is 22.7 Å². The maximum Gasteiger partial charge on any atom is 0.250 e. The Bertz CT molecular complexity index is 1570. The van der Waals surface area contributed by atoms with Gasteiger partial charge in [0.2, 0.25) is 0 Å². The molecule has 2 aliphatic heterocycles. The van der Waals surface area contributed by atoms with Crippen LogP contribution in [0.15, 0.2) is 70.3 Å². The van der Waals surface area contributed by atoms with E-state index >= 15 is 4.39 Å². The van der Waals surface area contributed by atoms with Crippen LogP contribution in [0.2, 0.25) is 0 Å². The van der Waals surface area contributed by atoms with E-state index in [2.05, 4.69) is 20.9 Å². The molecule has 0 bridgehead atoms. The summed E-state index contributed by atoms with van der Waals surface area (Å²) in [5, 5.41) is 4.73. The number of hydrogen-bond acceptors (Lipinski definition) is 4. The first-order valence-electron chi connectivity index (χ1n) is 11.9. The summed E-state index contributed by atoms with van der Waals surface area (Å²) in [7, 11) is 0. The molecule has 10 heteroatoms. The van der Waals surface area contributed by atoms with E-state index in [9.17, 15) is 13.6 Å². The quantitative estimate of drug-likeness (QED) is 0.292. The van der Waals surface area contributed by atoms with Gasteiger partial charge in [-0.15, -0.1) is 0 Å². The predicted molar refractivity (Wildman–Crippen MR) is 138 cm³/mol. The number of nitrogens with zero attached hydrogens (tertiary/aromatic N) is 4. The summed E-state index contributed by atoms with van der Waals surface area (Å²) in [6, 6.07) is 14.7. The molecular weight excluding hydrogens is 561 g/mol. The number of halogens is 4. The lowest BCUT2D eigenvalue weighted by molar-refractivity contribution is -0.128. The number of rotatable bonds is 6. The van der Waals surface area contributed by atoms with Gasteiger partial charge < -0.3 is 9.64 Å². The number of carbonyl (C=O) groups excluding carboxylic acids is 1. The molecule has 1 amide bonds. The fraction of sp³-hybridized carbons (Fsp3) is 0.179. The van der Waals surface area contributed by atoms with E-state index in [1.807, 2.05) is 24.3 Å². The Hall–Kier alpha value is -3.76. The summed E-state index contributed by atoms with van der Waals surface area (Å²) in [5.74, 6) is -2.01. The molecule has 3 aromatic carbocycles. The Labute approximate surface area is 224 Å². The van der Waals surface area contributed by atoms with Gasteiger partial charge in [-0.3, -0.25) is 9.79 Å². The second-order valence-corrected chi connectivity index (χ2v) is 9.97. The smallest absolute Gasteiger partial charge is 0.250 e. The van der Waals surface area contributed by atoms with Crippen LogP contribution in [0, 0.1) is 17.5 Å². The van der Waals surface area contributed by atoms with E-state index in [1.165, 1.54) is 29.3 Å². The highest BCUT2D eigenvalue weighted by molar-refractivity contribution is 9.10. The number of benzene rings is 3. The van der Waals surface area contributed by atoms with Gasteiger partial charge in [0.25, 0.3) is 5.91 Å². The Morgan fingerprint density at radius 3 is 2.58 bits per heavy atom. The molecule has 1 saturated heterocycles. The first kappa shape index (κ1) is 24.6. The highest BCUT2D eigenvalue weighted by atomic mass is 79.9. The third-order valence-corrected chi connectivity index (χ3v) is 7.24. The molecule has 0 saturated carbocycles. The van der Waals surface area contributed by atoms with Crippen LogP contribution < -0.4 is 0 Å².